The summed E-state index contributed by atoms with van der Waals surface area (Å²) in [4.78, 5) is 12.6. The van der Waals surface area contributed by atoms with Gasteiger partial charge in [0.15, 0.2) is 0 Å². The van der Waals surface area contributed by atoms with Gasteiger partial charge in [-0.15, -0.1) is 0 Å². The molecule has 30 heavy (non-hydrogen) atoms. The third-order valence-electron chi connectivity index (χ3n) is 5.14. The second-order valence-electron chi connectivity index (χ2n) is 7.47. The zero-order valence-electron chi connectivity index (χ0n) is 16.4. The minimum absolute atomic E-state index is 0.0252. The van der Waals surface area contributed by atoms with Gasteiger partial charge >= 0.3 is 6.18 Å². The van der Waals surface area contributed by atoms with Gasteiger partial charge in [-0.1, -0.05) is 31.4 Å². The van der Waals surface area contributed by atoms with Gasteiger partial charge in [0.05, 0.1) is 10.5 Å². The van der Waals surface area contributed by atoms with Crippen LogP contribution in [0.15, 0.2) is 47.4 Å². The van der Waals surface area contributed by atoms with Gasteiger partial charge in [0.1, 0.15) is 0 Å². The van der Waals surface area contributed by atoms with E-state index in [9.17, 15) is 26.4 Å². The van der Waals surface area contributed by atoms with E-state index in [0.717, 1.165) is 44.2 Å². The van der Waals surface area contributed by atoms with E-state index >= 15 is 0 Å². The Labute approximate surface area is 173 Å². The predicted molar refractivity (Wildman–Crippen MR) is 108 cm³/mol. The Balaban J connectivity index is 1.82. The quantitative estimate of drug-likeness (QED) is 0.696. The molecule has 0 heterocycles. The zero-order valence-corrected chi connectivity index (χ0v) is 17.2. The van der Waals surface area contributed by atoms with Crippen molar-refractivity contribution in [2.24, 2.45) is 0 Å². The molecular weight excluding hydrogens is 417 g/mol. The average molecular weight is 440 g/mol. The van der Waals surface area contributed by atoms with Crippen molar-refractivity contribution < 1.29 is 26.4 Å². The Morgan fingerprint density at radius 3 is 2.40 bits per heavy atom. The lowest BCUT2D eigenvalue weighted by Gasteiger charge is -2.22. The maximum absolute atomic E-state index is 12.9. The molecule has 0 aromatic heterocycles. The van der Waals surface area contributed by atoms with Gasteiger partial charge in [-0.25, -0.2) is 13.1 Å². The van der Waals surface area contributed by atoms with Crippen molar-refractivity contribution >= 4 is 21.6 Å². The van der Waals surface area contributed by atoms with Crippen molar-refractivity contribution in [1.82, 2.24) is 4.72 Å². The monoisotopic (exact) mass is 440 g/mol. The largest absolute Gasteiger partial charge is 0.416 e. The number of rotatable bonds is 5. The van der Waals surface area contributed by atoms with E-state index in [1.54, 1.807) is 6.92 Å². The van der Waals surface area contributed by atoms with Gasteiger partial charge in [0.2, 0.25) is 10.0 Å². The number of anilines is 1. The highest BCUT2D eigenvalue weighted by Gasteiger charge is 2.30. The second-order valence-corrected chi connectivity index (χ2v) is 9.18. The van der Waals surface area contributed by atoms with E-state index in [1.165, 1.54) is 30.3 Å². The summed E-state index contributed by atoms with van der Waals surface area (Å²) in [7, 11) is -3.81. The minimum Gasteiger partial charge on any atom is -0.322 e. The molecule has 0 bridgehead atoms. The number of benzene rings is 2. The van der Waals surface area contributed by atoms with Gasteiger partial charge in [-0.2, -0.15) is 13.2 Å². The highest BCUT2D eigenvalue weighted by molar-refractivity contribution is 7.89. The number of nitrogens with one attached hydrogen (secondary N) is 2. The summed E-state index contributed by atoms with van der Waals surface area (Å²) in [5.74, 6) is -0.679. The summed E-state index contributed by atoms with van der Waals surface area (Å²) < 4.78 is 66.8. The zero-order chi connectivity index (χ0) is 21.9. The maximum Gasteiger partial charge on any atom is 0.416 e. The van der Waals surface area contributed by atoms with E-state index in [1.807, 2.05) is 0 Å². The van der Waals surface area contributed by atoms with Crippen LogP contribution in [0.2, 0.25) is 0 Å². The molecule has 2 aromatic carbocycles. The van der Waals surface area contributed by atoms with Crippen molar-refractivity contribution in [1.29, 1.82) is 0 Å². The third kappa shape index (κ3) is 5.40. The fourth-order valence-electron chi connectivity index (χ4n) is 3.49. The molecule has 0 radical (unpaired) electrons. The number of carbonyl (C=O) groups is 1. The summed E-state index contributed by atoms with van der Waals surface area (Å²) in [6.07, 6.45) is 0.0253. The highest BCUT2D eigenvalue weighted by Crippen LogP contribution is 2.31. The van der Waals surface area contributed by atoms with E-state index in [4.69, 9.17) is 0 Å². The Morgan fingerprint density at radius 2 is 1.73 bits per heavy atom. The maximum atomic E-state index is 12.9. The minimum atomic E-state index is -4.53. The van der Waals surface area contributed by atoms with Crippen molar-refractivity contribution in [2.45, 2.75) is 56.1 Å². The summed E-state index contributed by atoms with van der Waals surface area (Å²) in [5.41, 5.74) is -0.317. The summed E-state index contributed by atoms with van der Waals surface area (Å²) >= 11 is 0. The number of amides is 1. The van der Waals surface area contributed by atoms with Crippen LogP contribution in [0.5, 0.6) is 0 Å². The molecule has 2 N–H and O–H groups in total. The van der Waals surface area contributed by atoms with Gasteiger partial charge in [0, 0.05) is 17.3 Å². The first kappa shape index (κ1) is 22.3. The standard InChI is InChI=1S/C21H23F3N2O3S/c1-14-10-11-18(30(28,29)26-16-7-3-2-4-8-16)13-19(14)20(27)25-17-9-5-6-15(12-17)21(22,23)24/h5-6,9-13,16,26H,2-4,7-8H2,1H3,(H,25,27). The molecule has 0 saturated heterocycles. The Bertz CT molecular complexity index is 1030. The van der Waals surface area contributed by atoms with Crippen LogP contribution in [0, 0.1) is 6.92 Å². The van der Waals surface area contributed by atoms with Crippen molar-refractivity contribution in [2.75, 3.05) is 5.32 Å². The second kappa shape index (κ2) is 8.77. The topological polar surface area (TPSA) is 75.3 Å². The van der Waals surface area contributed by atoms with Crippen molar-refractivity contribution in [3.8, 4) is 0 Å². The van der Waals surface area contributed by atoms with Gasteiger partial charge < -0.3 is 5.32 Å². The van der Waals surface area contributed by atoms with Gasteiger partial charge in [0.25, 0.3) is 5.91 Å². The number of hydrogen-bond donors (Lipinski definition) is 2. The lowest BCUT2D eigenvalue weighted by atomic mass is 9.96. The lowest BCUT2D eigenvalue weighted by Crippen LogP contribution is -2.36. The van der Waals surface area contributed by atoms with Crippen LogP contribution in [0.4, 0.5) is 18.9 Å². The first-order chi connectivity index (χ1) is 14.1. The number of aryl methyl sites for hydroxylation is 1. The number of halogens is 3. The molecule has 3 rings (SSSR count). The molecule has 0 atom stereocenters. The Kier molecular flexibility index (Phi) is 6.52. The molecular formula is C21H23F3N2O3S. The molecule has 1 amide bonds. The van der Waals surface area contributed by atoms with Crippen LogP contribution in [0.3, 0.4) is 0 Å². The van der Waals surface area contributed by atoms with E-state index < -0.39 is 27.7 Å². The van der Waals surface area contributed by atoms with Crippen molar-refractivity contribution in [3.63, 3.8) is 0 Å². The molecule has 9 heteroatoms. The molecule has 1 fully saturated rings. The smallest absolute Gasteiger partial charge is 0.322 e. The summed E-state index contributed by atoms with van der Waals surface area (Å²) in [5, 5.41) is 2.42. The number of hydrogen-bond acceptors (Lipinski definition) is 3. The number of alkyl halides is 3. The Hall–Kier alpha value is -2.39. The third-order valence-corrected chi connectivity index (χ3v) is 6.66. The van der Waals surface area contributed by atoms with Gasteiger partial charge in [-0.05, 0) is 55.7 Å². The molecule has 5 nitrogen and oxygen atoms in total. The molecule has 1 aliphatic rings. The lowest BCUT2D eigenvalue weighted by molar-refractivity contribution is -0.137. The van der Waals surface area contributed by atoms with Crippen LogP contribution in [0.25, 0.3) is 0 Å². The fraction of sp³-hybridized carbons (Fsp3) is 0.381. The normalized spacial score (nSPS) is 15.7. The van der Waals surface area contributed by atoms with Crippen LogP contribution in [-0.2, 0) is 16.2 Å². The molecule has 1 saturated carbocycles. The van der Waals surface area contributed by atoms with Crippen LogP contribution in [0.1, 0.15) is 53.6 Å². The van der Waals surface area contributed by atoms with Crippen LogP contribution >= 0.6 is 0 Å². The van der Waals surface area contributed by atoms with Crippen molar-refractivity contribution in [3.05, 3.63) is 59.2 Å². The highest BCUT2D eigenvalue weighted by atomic mass is 32.2. The average Bonchev–Trinajstić information content (AvgIpc) is 2.68. The van der Waals surface area contributed by atoms with E-state index in [2.05, 4.69) is 10.0 Å². The summed E-state index contributed by atoms with van der Waals surface area (Å²) in [6.45, 7) is 1.63. The SMILES string of the molecule is Cc1ccc(S(=O)(=O)NC2CCCCC2)cc1C(=O)Nc1cccc(C(F)(F)F)c1. The van der Waals surface area contributed by atoms with E-state index in [0.29, 0.717) is 5.56 Å². The first-order valence-electron chi connectivity index (χ1n) is 9.68. The van der Waals surface area contributed by atoms with E-state index in [-0.39, 0.29) is 22.2 Å². The van der Waals surface area contributed by atoms with Crippen LogP contribution < -0.4 is 10.0 Å². The molecule has 2 aromatic rings. The molecule has 0 unspecified atom stereocenters. The molecule has 1 aliphatic carbocycles. The molecule has 0 spiro atoms. The number of carbonyl (C=O) groups excluding carboxylic acids is 1. The van der Waals surface area contributed by atoms with Gasteiger partial charge in [-0.3, -0.25) is 4.79 Å². The number of sulfonamides is 1. The molecule has 0 aliphatic heterocycles. The predicted octanol–water partition coefficient (Wildman–Crippen LogP) is 4.88. The fourth-order valence-corrected chi connectivity index (χ4v) is 4.82. The first-order valence-corrected chi connectivity index (χ1v) is 11.2. The Morgan fingerprint density at radius 1 is 1.03 bits per heavy atom. The summed E-state index contributed by atoms with van der Waals surface area (Å²) in [6, 6.07) is 8.33. The van der Waals surface area contributed by atoms with Crippen LogP contribution in [-0.4, -0.2) is 20.4 Å². The molecule has 162 valence electrons.